The lowest BCUT2D eigenvalue weighted by Crippen LogP contribution is -2.02. The summed E-state index contributed by atoms with van der Waals surface area (Å²) in [6, 6.07) is 17.1. The van der Waals surface area contributed by atoms with Crippen molar-refractivity contribution in [3.05, 3.63) is 59.7 Å². The first-order chi connectivity index (χ1) is 9.25. The van der Waals surface area contributed by atoms with Gasteiger partial charge in [-0.15, -0.1) is 11.8 Å². The Kier molecular flexibility index (Phi) is 5.34. The standard InChI is InChI=1S/C17H21NS/c1-14-9-10-15(2)17(13-14)19-12-6-11-18-16-7-4-3-5-8-16/h3-5,7-10,13,18H,6,11-12H2,1-2H3. The quantitative estimate of drug-likeness (QED) is 0.592. The fourth-order valence-electron chi connectivity index (χ4n) is 1.91. The summed E-state index contributed by atoms with van der Waals surface area (Å²) in [4.78, 5) is 1.42. The molecular weight excluding hydrogens is 250 g/mol. The van der Waals surface area contributed by atoms with Crippen LogP contribution in [0, 0.1) is 13.8 Å². The summed E-state index contributed by atoms with van der Waals surface area (Å²) in [7, 11) is 0. The summed E-state index contributed by atoms with van der Waals surface area (Å²) in [6.07, 6.45) is 1.17. The average Bonchev–Trinajstić information content (AvgIpc) is 2.43. The molecule has 0 saturated carbocycles. The molecule has 0 aliphatic heterocycles. The zero-order valence-electron chi connectivity index (χ0n) is 11.6. The van der Waals surface area contributed by atoms with E-state index in [0.29, 0.717) is 0 Å². The molecule has 1 nitrogen and oxygen atoms in total. The van der Waals surface area contributed by atoms with Crippen molar-refractivity contribution in [1.29, 1.82) is 0 Å². The van der Waals surface area contributed by atoms with Crippen molar-refractivity contribution in [2.45, 2.75) is 25.2 Å². The van der Waals surface area contributed by atoms with Crippen molar-refractivity contribution in [3.8, 4) is 0 Å². The maximum absolute atomic E-state index is 3.44. The highest BCUT2D eigenvalue weighted by atomic mass is 32.2. The zero-order chi connectivity index (χ0) is 13.5. The lowest BCUT2D eigenvalue weighted by molar-refractivity contribution is 0.991. The first kappa shape index (κ1) is 14.0. The molecule has 0 aromatic heterocycles. The number of aryl methyl sites for hydroxylation is 2. The van der Waals surface area contributed by atoms with Crippen LogP contribution in [-0.4, -0.2) is 12.3 Å². The molecule has 2 aromatic rings. The van der Waals surface area contributed by atoms with Gasteiger partial charge in [0.2, 0.25) is 0 Å². The summed E-state index contributed by atoms with van der Waals surface area (Å²) < 4.78 is 0. The summed E-state index contributed by atoms with van der Waals surface area (Å²) in [5.41, 5.74) is 3.93. The first-order valence-corrected chi connectivity index (χ1v) is 7.73. The van der Waals surface area contributed by atoms with E-state index in [2.05, 4.69) is 61.6 Å². The van der Waals surface area contributed by atoms with E-state index in [9.17, 15) is 0 Å². The van der Waals surface area contributed by atoms with Gasteiger partial charge in [-0.25, -0.2) is 0 Å². The highest BCUT2D eigenvalue weighted by molar-refractivity contribution is 7.99. The number of nitrogens with one attached hydrogen (secondary N) is 1. The second-order valence-corrected chi connectivity index (χ2v) is 5.90. The summed E-state index contributed by atoms with van der Waals surface area (Å²) in [6.45, 7) is 5.37. The lowest BCUT2D eigenvalue weighted by atomic mass is 10.2. The van der Waals surface area contributed by atoms with E-state index in [-0.39, 0.29) is 0 Å². The number of hydrogen-bond donors (Lipinski definition) is 1. The van der Waals surface area contributed by atoms with Crippen LogP contribution < -0.4 is 5.32 Å². The Morgan fingerprint density at radius 1 is 1.00 bits per heavy atom. The maximum Gasteiger partial charge on any atom is 0.0340 e. The summed E-state index contributed by atoms with van der Waals surface area (Å²) >= 11 is 1.96. The Hall–Kier alpha value is -1.41. The Bertz CT molecular complexity index is 508. The van der Waals surface area contributed by atoms with Crippen molar-refractivity contribution in [3.63, 3.8) is 0 Å². The van der Waals surface area contributed by atoms with Gasteiger partial charge in [0.15, 0.2) is 0 Å². The van der Waals surface area contributed by atoms with Gasteiger partial charge in [-0.3, -0.25) is 0 Å². The topological polar surface area (TPSA) is 12.0 Å². The van der Waals surface area contributed by atoms with Crippen LogP contribution in [0.5, 0.6) is 0 Å². The lowest BCUT2D eigenvalue weighted by Gasteiger charge is -2.08. The monoisotopic (exact) mass is 271 g/mol. The normalized spacial score (nSPS) is 10.4. The van der Waals surface area contributed by atoms with Gasteiger partial charge in [0.25, 0.3) is 0 Å². The molecular formula is C17H21NS. The molecule has 0 aliphatic carbocycles. The minimum Gasteiger partial charge on any atom is -0.385 e. The molecule has 0 spiro atoms. The van der Waals surface area contributed by atoms with Crippen molar-refractivity contribution in [1.82, 2.24) is 0 Å². The molecule has 1 N–H and O–H groups in total. The highest BCUT2D eigenvalue weighted by Gasteiger charge is 1.99. The van der Waals surface area contributed by atoms with Crippen molar-refractivity contribution in [2.24, 2.45) is 0 Å². The van der Waals surface area contributed by atoms with Crippen molar-refractivity contribution >= 4 is 17.4 Å². The molecule has 0 amide bonds. The van der Waals surface area contributed by atoms with Crippen LogP contribution in [0.25, 0.3) is 0 Å². The van der Waals surface area contributed by atoms with Crippen LogP contribution >= 0.6 is 11.8 Å². The molecule has 0 heterocycles. The second-order valence-electron chi connectivity index (χ2n) is 4.76. The fraction of sp³-hybridized carbons (Fsp3) is 0.294. The van der Waals surface area contributed by atoms with Crippen molar-refractivity contribution < 1.29 is 0 Å². The number of hydrogen-bond acceptors (Lipinski definition) is 2. The van der Waals surface area contributed by atoms with E-state index in [0.717, 1.165) is 12.3 Å². The van der Waals surface area contributed by atoms with Crippen LogP contribution in [0.2, 0.25) is 0 Å². The van der Waals surface area contributed by atoms with Gasteiger partial charge in [-0.2, -0.15) is 0 Å². The maximum atomic E-state index is 3.44. The van der Waals surface area contributed by atoms with Crippen LogP contribution in [0.15, 0.2) is 53.4 Å². The van der Waals surface area contributed by atoms with Gasteiger partial charge in [0.05, 0.1) is 0 Å². The average molecular weight is 271 g/mol. The minimum absolute atomic E-state index is 1.03. The molecule has 0 saturated heterocycles. The first-order valence-electron chi connectivity index (χ1n) is 6.75. The molecule has 0 radical (unpaired) electrons. The van der Waals surface area contributed by atoms with E-state index < -0.39 is 0 Å². The molecule has 0 fully saturated rings. The van der Waals surface area contributed by atoms with Crippen LogP contribution in [0.1, 0.15) is 17.5 Å². The summed E-state index contributed by atoms with van der Waals surface area (Å²) in [5, 5.41) is 3.44. The van der Waals surface area contributed by atoms with Crippen LogP contribution in [0.3, 0.4) is 0 Å². The number of anilines is 1. The Balaban J connectivity index is 1.71. The Labute approximate surface area is 120 Å². The van der Waals surface area contributed by atoms with Crippen LogP contribution in [0.4, 0.5) is 5.69 Å². The molecule has 100 valence electrons. The van der Waals surface area contributed by atoms with Gasteiger partial charge >= 0.3 is 0 Å². The molecule has 2 rings (SSSR count). The molecule has 0 bridgehead atoms. The van der Waals surface area contributed by atoms with E-state index in [1.807, 2.05) is 17.8 Å². The SMILES string of the molecule is Cc1ccc(C)c(SCCCNc2ccccc2)c1. The third-order valence-corrected chi connectivity index (χ3v) is 4.27. The molecule has 0 unspecified atom stereocenters. The van der Waals surface area contributed by atoms with E-state index in [1.165, 1.54) is 28.1 Å². The Morgan fingerprint density at radius 2 is 1.79 bits per heavy atom. The third kappa shape index (κ3) is 4.64. The number of para-hydroxylation sites is 1. The van der Waals surface area contributed by atoms with E-state index in [4.69, 9.17) is 0 Å². The smallest absolute Gasteiger partial charge is 0.0340 e. The van der Waals surface area contributed by atoms with Crippen LogP contribution in [-0.2, 0) is 0 Å². The fourth-order valence-corrected chi connectivity index (χ4v) is 2.98. The van der Waals surface area contributed by atoms with E-state index in [1.54, 1.807) is 0 Å². The largest absolute Gasteiger partial charge is 0.385 e. The predicted molar refractivity (Wildman–Crippen MR) is 86.2 cm³/mol. The van der Waals surface area contributed by atoms with E-state index >= 15 is 0 Å². The zero-order valence-corrected chi connectivity index (χ0v) is 12.5. The van der Waals surface area contributed by atoms with Gasteiger partial charge in [-0.1, -0.05) is 35.9 Å². The molecule has 0 atom stereocenters. The van der Waals surface area contributed by atoms with Gasteiger partial charge in [0, 0.05) is 17.1 Å². The minimum atomic E-state index is 1.03. The predicted octanol–water partition coefficient (Wildman–Crippen LogP) is 4.90. The second kappa shape index (κ2) is 7.25. The molecule has 2 heteroatoms. The highest BCUT2D eigenvalue weighted by Crippen LogP contribution is 2.24. The Morgan fingerprint density at radius 3 is 2.58 bits per heavy atom. The van der Waals surface area contributed by atoms with Gasteiger partial charge < -0.3 is 5.32 Å². The number of rotatable bonds is 6. The molecule has 2 aromatic carbocycles. The van der Waals surface area contributed by atoms with Gasteiger partial charge in [0.1, 0.15) is 0 Å². The number of benzene rings is 2. The van der Waals surface area contributed by atoms with Gasteiger partial charge in [-0.05, 0) is 49.8 Å². The third-order valence-electron chi connectivity index (χ3n) is 3.03. The summed E-state index contributed by atoms with van der Waals surface area (Å²) in [5.74, 6) is 1.16. The van der Waals surface area contributed by atoms with Crippen molar-refractivity contribution in [2.75, 3.05) is 17.6 Å². The molecule has 19 heavy (non-hydrogen) atoms. The number of thioether (sulfide) groups is 1. The molecule has 0 aliphatic rings.